The third kappa shape index (κ3) is 3.13. The Morgan fingerprint density at radius 3 is 2.80 bits per heavy atom. The summed E-state index contributed by atoms with van der Waals surface area (Å²) in [5.74, 6) is 0. The highest BCUT2D eigenvalue weighted by Gasteiger charge is 2.24. The normalized spacial score (nSPS) is 24.5. The molecule has 1 aliphatic carbocycles. The summed E-state index contributed by atoms with van der Waals surface area (Å²) in [5.41, 5.74) is 3.85. The van der Waals surface area contributed by atoms with E-state index in [0.29, 0.717) is 6.04 Å². The van der Waals surface area contributed by atoms with E-state index in [-0.39, 0.29) is 0 Å². The third-order valence-electron chi connectivity index (χ3n) is 4.29. The van der Waals surface area contributed by atoms with Gasteiger partial charge in [0.1, 0.15) is 0 Å². The summed E-state index contributed by atoms with van der Waals surface area (Å²) in [7, 11) is 0. The van der Waals surface area contributed by atoms with Gasteiger partial charge < -0.3 is 4.74 Å². The number of ether oxygens (including phenoxy) is 1. The zero-order valence-electron chi connectivity index (χ0n) is 11.9. The van der Waals surface area contributed by atoms with Crippen molar-refractivity contribution < 1.29 is 4.74 Å². The predicted molar refractivity (Wildman–Crippen MR) is 84.7 cm³/mol. The number of nitrogens with zero attached hydrogens (tertiary/aromatic N) is 2. The van der Waals surface area contributed by atoms with Gasteiger partial charge in [-0.1, -0.05) is 6.08 Å². The number of hydrogen-bond donors (Lipinski definition) is 0. The summed E-state index contributed by atoms with van der Waals surface area (Å²) in [4.78, 5) is 7.17. The Bertz CT molecular complexity index is 509. The smallest absolute Gasteiger partial charge is 0.0688 e. The summed E-state index contributed by atoms with van der Waals surface area (Å²) in [6.45, 7) is 6.09. The second kappa shape index (κ2) is 6.37. The molecule has 1 atom stereocenters. The first-order valence-electron chi connectivity index (χ1n) is 7.37. The zero-order chi connectivity index (χ0) is 13.9. The van der Waals surface area contributed by atoms with Crippen molar-refractivity contribution in [3.8, 4) is 0 Å². The molecule has 1 fully saturated rings. The highest BCUT2D eigenvalue weighted by molar-refractivity contribution is 9.10. The van der Waals surface area contributed by atoms with E-state index in [1.807, 2.05) is 6.20 Å². The molecule has 0 N–H and O–H groups in total. The SMILES string of the molecule is Cc1cc(Br)cnc1C1=CCC(N2CCOCC2)CC1. The van der Waals surface area contributed by atoms with E-state index in [1.165, 1.54) is 23.3 Å². The molecule has 20 heavy (non-hydrogen) atoms. The van der Waals surface area contributed by atoms with E-state index < -0.39 is 0 Å². The molecule has 2 heterocycles. The van der Waals surface area contributed by atoms with Crippen molar-refractivity contribution in [1.82, 2.24) is 9.88 Å². The molecule has 0 spiro atoms. The molecule has 1 unspecified atom stereocenters. The molecule has 2 aliphatic rings. The Morgan fingerprint density at radius 2 is 2.15 bits per heavy atom. The minimum atomic E-state index is 0.693. The maximum absolute atomic E-state index is 5.44. The lowest BCUT2D eigenvalue weighted by molar-refractivity contribution is 0.0150. The van der Waals surface area contributed by atoms with Crippen molar-refractivity contribution >= 4 is 21.5 Å². The summed E-state index contributed by atoms with van der Waals surface area (Å²) < 4.78 is 6.49. The quantitative estimate of drug-likeness (QED) is 0.827. The molecule has 0 radical (unpaired) electrons. The van der Waals surface area contributed by atoms with E-state index >= 15 is 0 Å². The van der Waals surface area contributed by atoms with Gasteiger partial charge in [-0.05, 0) is 59.3 Å². The summed E-state index contributed by atoms with van der Waals surface area (Å²) >= 11 is 3.48. The van der Waals surface area contributed by atoms with E-state index in [9.17, 15) is 0 Å². The predicted octanol–water partition coefficient (Wildman–Crippen LogP) is 3.42. The van der Waals surface area contributed by atoms with Crippen molar-refractivity contribution in [2.75, 3.05) is 26.3 Å². The van der Waals surface area contributed by atoms with E-state index in [0.717, 1.165) is 43.6 Å². The molecule has 3 nitrogen and oxygen atoms in total. The van der Waals surface area contributed by atoms with Crippen LogP contribution in [0.15, 0.2) is 22.8 Å². The van der Waals surface area contributed by atoms with Gasteiger partial charge in [-0.15, -0.1) is 0 Å². The number of aromatic nitrogens is 1. The minimum Gasteiger partial charge on any atom is -0.379 e. The fourth-order valence-corrected chi connectivity index (χ4v) is 3.63. The molecular weight excluding hydrogens is 316 g/mol. The zero-order valence-corrected chi connectivity index (χ0v) is 13.5. The maximum Gasteiger partial charge on any atom is 0.0688 e. The van der Waals surface area contributed by atoms with Gasteiger partial charge in [-0.3, -0.25) is 9.88 Å². The molecule has 4 heteroatoms. The first-order valence-corrected chi connectivity index (χ1v) is 8.16. The fraction of sp³-hybridized carbons (Fsp3) is 0.562. The van der Waals surface area contributed by atoms with Crippen molar-refractivity contribution in [2.45, 2.75) is 32.2 Å². The van der Waals surface area contributed by atoms with Gasteiger partial charge in [0.25, 0.3) is 0 Å². The second-order valence-corrected chi connectivity index (χ2v) is 6.54. The van der Waals surface area contributed by atoms with Gasteiger partial charge in [-0.2, -0.15) is 0 Å². The average Bonchev–Trinajstić information content (AvgIpc) is 2.48. The average molecular weight is 337 g/mol. The molecule has 0 amide bonds. The highest BCUT2D eigenvalue weighted by atomic mass is 79.9. The molecule has 1 aliphatic heterocycles. The number of aryl methyl sites for hydroxylation is 1. The Balaban J connectivity index is 1.70. The molecule has 1 aromatic heterocycles. The molecule has 0 bridgehead atoms. The van der Waals surface area contributed by atoms with Crippen LogP contribution in [0.5, 0.6) is 0 Å². The van der Waals surface area contributed by atoms with Crippen LogP contribution in [0, 0.1) is 6.92 Å². The van der Waals surface area contributed by atoms with Crippen molar-refractivity contribution in [3.05, 3.63) is 34.1 Å². The van der Waals surface area contributed by atoms with Crippen LogP contribution in [-0.2, 0) is 4.74 Å². The lowest BCUT2D eigenvalue weighted by atomic mass is 9.90. The molecule has 0 saturated carbocycles. The van der Waals surface area contributed by atoms with Crippen molar-refractivity contribution in [2.24, 2.45) is 0 Å². The lowest BCUT2D eigenvalue weighted by Crippen LogP contribution is -2.43. The molecule has 0 aromatic carbocycles. The summed E-state index contributed by atoms with van der Waals surface area (Å²) in [6.07, 6.45) is 7.82. The number of hydrogen-bond acceptors (Lipinski definition) is 3. The molecule has 3 rings (SSSR count). The van der Waals surface area contributed by atoms with Gasteiger partial charge in [0.05, 0.1) is 18.9 Å². The fourth-order valence-electron chi connectivity index (χ4n) is 3.19. The number of morpholine rings is 1. The summed E-state index contributed by atoms with van der Waals surface area (Å²) in [6, 6.07) is 2.84. The number of allylic oxidation sites excluding steroid dienone is 1. The molecule has 108 valence electrons. The van der Waals surface area contributed by atoms with Gasteiger partial charge in [0.15, 0.2) is 0 Å². The van der Waals surface area contributed by atoms with Crippen LogP contribution in [0.2, 0.25) is 0 Å². The third-order valence-corrected chi connectivity index (χ3v) is 4.73. The van der Waals surface area contributed by atoms with E-state index in [4.69, 9.17) is 4.74 Å². The first kappa shape index (κ1) is 14.2. The van der Waals surface area contributed by atoms with E-state index in [1.54, 1.807) is 0 Å². The standard InChI is InChI=1S/C16H21BrN2O/c1-12-10-14(17)11-18-16(12)13-2-4-15(5-3-13)19-6-8-20-9-7-19/h2,10-11,15H,3-9H2,1H3. The largest absolute Gasteiger partial charge is 0.379 e. The first-order chi connectivity index (χ1) is 9.74. The van der Waals surface area contributed by atoms with Gasteiger partial charge in [0, 0.05) is 29.8 Å². The van der Waals surface area contributed by atoms with Crippen LogP contribution in [0.4, 0.5) is 0 Å². The van der Waals surface area contributed by atoms with Crippen molar-refractivity contribution in [3.63, 3.8) is 0 Å². The van der Waals surface area contributed by atoms with Crippen LogP contribution in [-0.4, -0.2) is 42.2 Å². The summed E-state index contributed by atoms with van der Waals surface area (Å²) in [5, 5.41) is 0. The van der Waals surface area contributed by atoms with Gasteiger partial charge >= 0.3 is 0 Å². The van der Waals surface area contributed by atoms with Crippen LogP contribution in [0.25, 0.3) is 5.57 Å². The maximum atomic E-state index is 5.44. The minimum absolute atomic E-state index is 0.693. The van der Waals surface area contributed by atoms with E-state index in [2.05, 4.69) is 44.9 Å². The van der Waals surface area contributed by atoms with Gasteiger partial charge in [-0.25, -0.2) is 0 Å². The van der Waals surface area contributed by atoms with Crippen LogP contribution < -0.4 is 0 Å². The molecule has 1 saturated heterocycles. The number of pyridine rings is 1. The molecule has 1 aromatic rings. The van der Waals surface area contributed by atoms with Crippen LogP contribution in [0.1, 0.15) is 30.5 Å². The van der Waals surface area contributed by atoms with Crippen LogP contribution in [0.3, 0.4) is 0 Å². The monoisotopic (exact) mass is 336 g/mol. The topological polar surface area (TPSA) is 25.4 Å². The Kier molecular flexibility index (Phi) is 4.54. The number of halogens is 1. The van der Waals surface area contributed by atoms with Gasteiger partial charge in [0.2, 0.25) is 0 Å². The Hall–Kier alpha value is -0.710. The second-order valence-electron chi connectivity index (χ2n) is 5.62. The number of rotatable bonds is 2. The molecular formula is C16H21BrN2O. The van der Waals surface area contributed by atoms with Crippen LogP contribution >= 0.6 is 15.9 Å². The Labute approximate surface area is 129 Å². The van der Waals surface area contributed by atoms with Crippen molar-refractivity contribution in [1.29, 1.82) is 0 Å². The Morgan fingerprint density at radius 1 is 1.35 bits per heavy atom. The highest BCUT2D eigenvalue weighted by Crippen LogP contribution is 2.30. The lowest BCUT2D eigenvalue weighted by Gasteiger charge is -2.36.